The minimum Gasteiger partial charge on any atom is -0.872 e. The Morgan fingerprint density at radius 3 is 1.29 bits per heavy atom. The molecule has 0 atom stereocenters. The third-order valence-corrected chi connectivity index (χ3v) is 17.7. The van der Waals surface area contributed by atoms with Crippen molar-refractivity contribution < 1.29 is 18.3 Å². The summed E-state index contributed by atoms with van der Waals surface area (Å²) in [5, 5.41) is 10.3. The van der Waals surface area contributed by atoms with Crippen molar-refractivity contribution in [3.8, 4) is 5.75 Å². The molecule has 0 fully saturated rings. The second-order valence-corrected chi connectivity index (χ2v) is 17.8. The summed E-state index contributed by atoms with van der Waals surface area (Å²) in [6.45, 7) is 8.70. The van der Waals surface area contributed by atoms with E-state index in [1.807, 2.05) is 42.5 Å². The van der Waals surface area contributed by atoms with Crippen molar-refractivity contribution in [2.75, 3.05) is 0 Å². The number of hydrogen-bond acceptors (Lipinski definition) is 1. The van der Waals surface area contributed by atoms with E-state index in [-0.39, 0.29) is 16.6 Å². The number of para-hydroxylation sites is 1. The summed E-state index contributed by atoms with van der Waals surface area (Å²) in [6, 6.07) is 35.0. The molecule has 0 saturated carbocycles. The first-order valence-corrected chi connectivity index (χ1v) is 18.2. The quantitative estimate of drug-likeness (QED) is 0.191. The minimum atomic E-state index is -4.32. The van der Waals surface area contributed by atoms with E-state index in [4.69, 9.17) is 0 Å². The Labute approximate surface area is 232 Å². The molecule has 4 rings (SSSR count). The van der Waals surface area contributed by atoms with Crippen LogP contribution in [0.4, 0.5) is 13.2 Å². The molecule has 0 aliphatic heterocycles. The Morgan fingerprint density at radius 2 is 0.921 bits per heavy atom. The fourth-order valence-corrected chi connectivity index (χ4v) is 16.1. The maximum Gasteiger partial charge on any atom is -0.0623 e. The molecule has 0 aliphatic rings. The van der Waals surface area contributed by atoms with E-state index in [1.165, 1.54) is 35.4 Å². The van der Waals surface area contributed by atoms with Crippen molar-refractivity contribution in [1.82, 2.24) is 0 Å². The molecule has 0 aromatic heterocycles. The summed E-state index contributed by atoms with van der Waals surface area (Å²) in [4.78, 5) is 0. The summed E-state index contributed by atoms with van der Waals surface area (Å²) in [6.07, 6.45) is -4.32. The fraction of sp³-hybridized carbons (Fsp3) is 0.273. The zero-order chi connectivity index (χ0) is 27.8. The van der Waals surface area contributed by atoms with Gasteiger partial charge in [-0.3, -0.25) is 0 Å². The summed E-state index contributed by atoms with van der Waals surface area (Å²) < 4.78 is 44.1. The first kappa shape index (κ1) is 29.8. The number of alkyl halides is 3. The molecule has 0 heterocycles. The fourth-order valence-electron chi connectivity index (χ4n) is 4.76. The second kappa shape index (κ2) is 12.9. The van der Waals surface area contributed by atoms with Crippen LogP contribution in [-0.4, -0.2) is 19.8 Å². The van der Waals surface area contributed by atoms with Gasteiger partial charge in [-0.25, -0.2) is 0 Å². The molecule has 0 saturated heterocycles. The molecule has 4 aromatic carbocycles. The summed E-state index contributed by atoms with van der Waals surface area (Å²) in [5.41, 5.74) is 1.59. The molecule has 198 valence electrons. The van der Waals surface area contributed by atoms with Gasteiger partial charge in [-0.2, -0.15) is 0 Å². The van der Waals surface area contributed by atoms with Gasteiger partial charge in [0, 0.05) is 0 Å². The van der Waals surface area contributed by atoms with Crippen molar-refractivity contribution in [2.45, 2.75) is 53.6 Å². The Hall–Kier alpha value is -2.73. The molecule has 0 unspecified atom stereocenters. The van der Waals surface area contributed by atoms with Crippen LogP contribution in [0.2, 0.25) is 8.87 Å². The van der Waals surface area contributed by atoms with Gasteiger partial charge < -0.3 is 5.11 Å². The van der Waals surface area contributed by atoms with Crippen LogP contribution in [0.5, 0.6) is 5.75 Å². The van der Waals surface area contributed by atoms with Crippen molar-refractivity contribution in [3.63, 3.8) is 0 Å². The van der Waals surface area contributed by atoms with Gasteiger partial charge in [-0.15, -0.1) is 5.75 Å². The Morgan fingerprint density at radius 1 is 0.553 bits per heavy atom. The van der Waals surface area contributed by atoms with Gasteiger partial charge in [-0.1, -0.05) is 30.3 Å². The number of rotatable bonds is 7. The average molecular weight is 623 g/mol. The number of hydrogen-bond donors (Lipinski definition) is 0. The van der Waals surface area contributed by atoms with Gasteiger partial charge >= 0.3 is 192 Å². The van der Waals surface area contributed by atoms with E-state index in [1.54, 1.807) is 24.3 Å². The van der Waals surface area contributed by atoms with E-state index in [9.17, 15) is 18.3 Å². The number of benzene rings is 4. The van der Waals surface area contributed by atoms with Gasteiger partial charge in [0.1, 0.15) is 0 Å². The third kappa shape index (κ3) is 8.39. The van der Waals surface area contributed by atoms with E-state index >= 15 is 0 Å². The molecular weight excluding hydrogens is 588 g/mol. The molecule has 0 bridgehead atoms. The van der Waals surface area contributed by atoms with E-state index in [0.29, 0.717) is 3.58 Å². The van der Waals surface area contributed by atoms with Crippen LogP contribution in [0.15, 0.2) is 115 Å². The molecule has 0 N–H and O–H groups in total. The molecule has 0 spiro atoms. The van der Waals surface area contributed by atoms with Crippen LogP contribution in [0.3, 0.4) is 0 Å². The standard InChI is InChI=1S/2C10H13.C7H4F3.C6H6O.Sn/c2*1-10(2,3)9-7-5-4-6-8-9;8-7(9,10)6-4-2-1-3-5-6;7-6-4-2-1-3-5-6;/h2*4-8H,1H2,2-3H3;1-4H;1-5,7H;/q;;;;+1/p-1. The third-order valence-electron chi connectivity index (χ3n) is 6.78. The van der Waals surface area contributed by atoms with Crippen LogP contribution in [0.25, 0.3) is 0 Å². The molecule has 0 amide bonds. The Bertz CT molecular complexity index is 1200. The first-order valence-electron chi connectivity index (χ1n) is 12.7. The SMILES string of the molecule is CC(C)([CH2][Sn+]([CH2]C(C)(C)c1ccccc1)[c]1ccccc1C(F)(F)F)c1ccccc1.[O-]c1ccccc1. The smallest absolute Gasteiger partial charge is 0.0623 e. The van der Waals surface area contributed by atoms with Gasteiger partial charge in [0.05, 0.1) is 0 Å². The van der Waals surface area contributed by atoms with Gasteiger partial charge in [-0.05, 0) is 0 Å². The first-order chi connectivity index (χ1) is 17.9. The van der Waals surface area contributed by atoms with Gasteiger partial charge in [0.25, 0.3) is 0 Å². The molecule has 0 aliphatic carbocycles. The minimum absolute atomic E-state index is 0.0718. The van der Waals surface area contributed by atoms with Crippen LogP contribution < -0.4 is 8.69 Å². The molecule has 1 nitrogen and oxygen atoms in total. The Kier molecular flexibility index (Phi) is 10.1. The molecule has 4 aromatic rings. The van der Waals surface area contributed by atoms with Crippen LogP contribution in [0, 0.1) is 0 Å². The topological polar surface area (TPSA) is 23.1 Å². The van der Waals surface area contributed by atoms with Gasteiger partial charge in [0.2, 0.25) is 0 Å². The maximum absolute atomic E-state index is 14.0. The molecular formula is C33H35F3OSn. The predicted molar refractivity (Wildman–Crippen MR) is 151 cm³/mol. The zero-order valence-corrected chi connectivity index (χ0v) is 25.3. The van der Waals surface area contributed by atoms with Crippen molar-refractivity contribution >= 4 is 23.3 Å². The normalized spacial score (nSPS) is 11.9. The summed E-state index contributed by atoms with van der Waals surface area (Å²) in [7, 11) is 0. The molecule has 5 heteroatoms. The van der Waals surface area contributed by atoms with Crippen molar-refractivity contribution in [3.05, 3.63) is 132 Å². The predicted octanol–water partition coefficient (Wildman–Crippen LogP) is 8.12. The van der Waals surface area contributed by atoms with Crippen molar-refractivity contribution in [2.24, 2.45) is 0 Å². The zero-order valence-electron chi connectivity index (χ0n) is 22.4. The van der Waals surface area contributed by atoms with E-state index < -0.39 is 31.5 Å². The van der Waals surface area contributed by atoms with Crippen LogP contribution >= 0.6 is 0 Å². The van der Waals surface area contributed by atoms with Gasteiger partial charge in [0.15, 0.2) is 0 Å². The van der Waals surface area contributed by atoms with E-state index in [0.717, 1.165) is 8.87 Å². The molecule has 38 heavy (non-hydrogen) atoms. The maximum atomic E-state index is 14.0. The van der Waals surface area contributed by atoms with Crippen LogP contribution in [0.1, 0.15) is 44.4 Å². The molecule has 0 radical (unpaired) electrons. The largest absolute Gasteiger partial charge is 0.872 e. The van der Waals surface area contributed by atoms with Crippen LogP contribution in [-0.2, 0) is 17.0 Å². The summed E-state index contributed by atoms with van der Waals surface area (Å²) >= 11 is -2.79. The summed E-state index contributed by atoms with van der Waals surface area (Å²) in [5.74, 6) is 0.0718. The van der Waals surface area contributed by atoms with E-state index in [2.05, 4.69) is 52.0 Å². The van der Waals surface area contributed by atoms with Crippen molar-refractivity contribution in [1.29, 1.82) is 0 Å². The monoisotopic (exact) mass is 624 g/mol. The Balaban J connectivity index is 0.000000494. The second-order valence-electron chi connectivity index (χ2n) is 10.8. The average Bonchev–Trinajstić information content (AvgIpc) is 2.89. The number of halogens is 3.